The summed E-state index contributed by atoms with van der Waals surface area (Å²) in [5.74, 6) is 0.759. The molecule has 25 heavy (non-hydrogen) atoms. The number of furan rings is 1. The van der Waals surface area contributed by atoms with Crippen molar-refractivity contribution in [3.63, 3.8) is 0 Å². The number of anilines is 1. The minimum atomic E-state index is 0.00702. The monoisotopic (exact) mass is 336 g/mol. The molecule has 3 aromatic rings. The first kappa shape index (κ1) is 16.7. The van der Waals surface area contributed by atoms with Crippen LogP contribution in [0.15, 0.2) is 65.9 Å². The molecule has 0 saturated carbocycles. The number of nitrogens with one attached hydrogen (secondary N) is 1. The Morgan fingerprint density at radius 3 is 2.88 bits per heavy atom. The third kappa shape index (κ3) is 4.44. The van der Waals surface area contributed by atoms with Crippen LogP contribution in [-0.4, -0.2) is 27.3 Å². The van der Waals surface area contributed by atoms with Gasteiger partial charge in [0.1, 0.15) is 12.1 Å². The van der Waals surface area contributed by atoms with Gasteiger partial charge in [0.05, 0.1) is 12.5 Å². The molecule has 3 rings (SSSR count). The highest BCUT2D eigenvalue weighted by atomic mass is 16.3. The van der Waals surface area contributed by atoms with E-state index in [0.29, 0.717) is 25.2 Å². The maximum absolute atomic E-state index is 12.8. The molecule has 6 heteroatoms. The van der Waals surface area contributed by atoms with Crippen molar-refractivity contribution in [2.75, 3.05) is 11.9 Å². The lowest BCUT2D eigenvalue weighted by Crippen LogP contribution is -2.30. The number of hydrogen-bond acceptors (Lipinski definition) is 5. The average Bonchev–Trinajstić information content (AvgIpc) is 3.18. The second kappa shape index (κ2) is 8.10. The van der Waals surface area contributed by atoms with Crippen LogP contribution < -0.4 is 5.32 Å². The van der Waals surface area contributed by atoms with Crippen molar-refractivity contribution in [2.24, 2.45) is 0 Å². The standard InChI is InChI=1S/C19H20N4O2/c1-2-23(12-16-7-9-25-13-16)19(24)17-5-3-4-15(10-17)11-21-18-6-8-20-14-22-18/h3-10,13-14H,2,11-12H2,1H3,(H,20,21,22). The van der Waals surface area contributed by atoms with Crippen LogP contribution in [0.2, 0.25) is 0 Å². The first-order chi connectivity index (χ1) is 12.3. The molecule has 0 aliphatic carbocycles. The van der Waals surface area contributed by atoms with Crippen molar-refractivity contribution in [3.8, 4) is 0 Å². The van der Waals surface area contributed by atoms with E-state index in [1.54, 1.807) is 29.7 Å². The zero-order valence-corrected chi connectivity index (χ0v) is 14.1. The van der Waals surface area contributed by atoms with Crippen molar-refractivity contribution in [2.45, 2.75) is 20.0 Å². The number of carbonyl (C=O) groups excluding carboxylic acids is 1. The molecule has 128 valence electrons. The Labute approximate surface area is 146 Å². The van der Waals surface area contributed by atoms with Gasteiger partial charge in [-0.3, -0.25) is 4.79 Å². The van der Waals surface area contributed by atoms with Gasteiger partial charge in [0.25, 0.3) is 5.91 Å². The summed E-state index contributed by atoms with van der Waals surface area (Å²) >= 11 is 0. The van der Waals surface area contributed by atoms with Crippen LogP contribution in [-0.2, 0) is 13.1 Å². The number of amides is 1. The number of hydrogen-bond donors (Lipinski definition) is 1. The lowest BCUT2D eigenvalue weighted by molar-refractivity contribution is 0.0752. The summed E-state index contributed by atoms with van der Waals surface area (Å²) in [6.45, 7) is 3.73. The van der Waals surface area contributed by atoms with E-state index in [0.717, 1.165) is 16.9 Å². The smallest absolute Gasteiger partial charge is 0.254 e. The summed E-state index contributed by atoms with van der Waals surface area (Å²) in [5.41, 5.74) is 2.67. The highest BCUT2D eigenvalue weighted by Gasteiger charge is 2.15. The van der Waals surface area contributed by atoms with Crippen molar-refractivity contribution in [1.29, 1.82) is 0 Å². The fourth-order valence-corrected chi connectivity index (χ4v) is 2.51. The third-order valence-electron chi connectivity index (χ3n) is 3.85. The zero-order chi connectivity index (χ0) is 17.5. The minimum Gasteiger partial charge on any atom is -0.472 e. The highest BCUT2D eigenvalue weighted by Crippen LogP contribution is 2.13. The molecule has 6 nitrogen and oxygen atoms in total. The molecule has 0 bridgehead atoms. The quantitative estimate of drug-likeness (QED) is 0.716. The molecule has 0 radical (unpaired) electrons. The Hall–Kier alpha value is -3.15. The second-order valence-corrected chi connectivity index (χ2v) is 5.60. The number of carbonyl (C=O) groups is 1. The van der Waals surface area contributed by atoms with Gasteiger partial charge >= 0.3 is 0 Å². The molecule has 1 amide bonds. The molecule has 0 fully saturated rings. The van der Waals surface area contributed by atoms with Gasteiger partial charge in [0.2, 0.25) is 0 Å². The first-order valence-corrected chi connectivity index (χ1v) is 8.15. The highest BCUT2D eigenvalue weighted by molar-refractivity contribution is 5.94. The van der Waals surface area contributed by atoms with E-state index < -0.39 is 0 Å². The lowest BCUT2D eigenvalue weighted by Gasteiger charge is -2.20. The van der Waals surface area contributed by atoms with Crippen LogP contribution in [0.4, 0.5) is 5.82 Å². The van der Waals surface area contributed by atoms with E-state index in [4.69, 9.17) is 4.42 Å². The zero-order valence-electron chi connectivity index (χ0n) is 14.1. The number of aromatic nitrogens is 2. The summed E-state index contributed by atoms with van der Waals surface area (Å²) in [5, 5.41) is 3.22. The number of nitrogens with zero attached hydrogens (tertiary/aromatic N) is 3. The maximum Gasteiger partial charge on any atom is 0.254 e. The molecule has 2 heterocycles. The molecule has 0 unspecified atom stereocenters. The van der Waals surface area contributed by atoms with Gasteiger partial charge in [-0.05, 0) is 36.8 Å². The largest absolute Gasteiger partial charge is 0.472 e. The first-order valence-electron chi connectivity index (χ1n) is 8.15. The molecule has 0 saturated heterocycles. The van der Waals surface area contributed by atoms with Crippen LogP contribution in [0, 0.1) is 0 Å². The van der Waals surface area contributed by atoms with Gasteiger partial charge < -0.3 is 14.6 Å². The van der Waals surface area contributed by atoms with Crippen LogP contribution in [0.5, 0.6) is 0 Å². The van der Waals surface area contributed by atoms with Gasteiger partial charge in [-0.1, -0.05) is 12.1 Å². The van der Waals surface area contributed by atoms with E-state index in [9.17, 15) is 4.79 Å². The Kier molecular flexibility index (Phi) is 5.41. The molecule has 1 N–H and O–H groups in total. The molecule has 0 spiro atoms. The topological polar surface area (TPSA) is 71.3 Å². The molecule has 0 atom stereocenters. The lowest BCUT2D eigenvalue weighted by atomic mass is 10.1. The molecule has 1 aromatic carbocycles. The molecular formula is C19H20N4O2. The Balaban J connectivity index is 1.68. The van der Waals surface area contributed by atoms with E-state index in [1.807, 2.05) is 37.3 Å². The van der Waals surface area contributed by atoms with Gasteiger partial charge in [-0.15, -0.1) is 0 Å². The number of rotatable bonds is 7. The maximum atomic E-state index is 12.8. The summed E-state index contributed by atoms with van der Waals surface area (Å²) in [4.78, 5) is 22.6. The van der Waals surface area contributed by atoms with E-state index in [2.05, 4.69) is 15.3 Å². The van der Waals surface area contributed by atoms with Crippen LogP contribution in [0.3, 0.4) is 0 Å². The van der Waals surface area contributed by atoms with Gasteiger partial charge in [0, 0.05) is 37.0 Å². The summed E-state index contributed by atoms with van der Waals surface area (Å²) in [6.07, 6.45) is 6.46. The molecule has 0 aliphatic heterocycles. The predicted octanol–water partition coefficient (Wildman–Crippen LogP) is 3.34. The summed E-state index contributed by atoms with van der Waals surface area (Å²) < 4.78 is 5.08. The second-order valence-electron chi connectivity index (χ2n) is 5.60. The van der Waals surface area contributed by atoms with Crippen LogP contribution in [0.25, 0.3) is 0 Å². The summed E-state index contributed by atoms with van der Waals surface area (Å²) in [7, 11) is 0. The molecular weight excluding hydrogens is 316 g/mol. The van der Waals surface area contributed by atoms with Gasteiger partial charge in [-0.2, -0.15) is 0 Å². The fraction of sp³-hybridized carbons (Fsp3) is 0.211. The minimum absolute atomic E-state index is 0.00702. The summed E-state index contributed by atoms with van der Waals surface area (Å²) in [6, 6.07) is 11.3. The number of benzene rings is 1. The third-order valence-corrected chi connectivity index (χ3v) is 3.85. The Morgan fingerprint density at radius 2 is 2.16 bits per heavy atom. The van der Waals surface area contributed by atoms with E-state index in [1.165, 1.54) is 6.33 Å². The van der Waals surface area contributed by atoms with Crippen LogP contribution in [0.1, 0.15) is 28.4 Å². The van der Waals surface area contributed by atoms with Crippen molar-refractivity contribution in [3.05, 3.63) is 78.1 Å². The van der Waals surface area contributed by atoms with Crippen LogP contribution >= 0.6 is 0 Å². The predicted molar refractivity (Wildman–Crippen MR) is 94.9 cm³/mol. The average molecular weight is 336 g/mol. The van der Waals surface area contributed by atoms with Crippen molar-refractivity contribution in [1.82, 2.24) is 14.9 Å². The van der Waals surface area contributed by atoms with E-state index in [-0.39, 0.29) is 5.91 Å². The van der Waals surface area contributed by atoms with Gasteiger partial charge in [0.15, 0.2) is 0 Å². The Bertz CT molecular complexity index is 803. The van der Waals surface area contributed by atoms with Crippen molar-refractivity contribution < 1.29 is 9.21 Å². The fourth-order valence-electron chi connectivity index (χ4n) is 2.51. The SMILES string of the molecule is CCN(Cc1ccoc1)C(=O)c1cccc(CNc2ccncn2)c1. The molecule has 0 aliphatic rings. The van der Waals surface area contributed by atoms with E-state index >= 15 is 0 Å². The van der Waals surface area contributed by atoms with Gasteiger partial charge in [-0.25, -0.2) is 9.97 Å². The normalized spacial score (nSPS) is 10.4. The Morgan fingerprint density at radius 1 is 1.24 bits per heavy atom. The van der Waals surface area contributed by atoms with Crippen molar-refractivity contribution >= 4 is 11.7 Å². The molecule has 2 aromatic heterocycles.